The summed E-state index contributed by atoms with van der Waals surface area (Å²) in [7, 11) is 0. The molecular weight excluding hydrogens is 464 g/mol. The lowest BCUT2D eigenvalue weighted by molar-refractivity contribution is -0.122. The largest absolute Gasteiger partial charge is 0.370 e. The highest BCUT2D eigenvalue weighted by atomic mass is 16.1. The number of piperidine rings is 1. The van der Waals surface area contributed by atoms with Gasteiger partial charge in [0.1, 0.15) is 11.2 Å². The Hall–Kier alpha value is -4.27. The Bertz CT molecular complexity index is 1610. The second-order valence-electron chi connectivity index (χ2n) is 10.1. The number of fused-ring (bicyclic) bond motifs is 2. The van der Waals surface area contributed by atoms with Gasteiger partial charge < -0.3 is 15.2 Å². The zero-order valence-electron chi connectivity index (χ0n) is 20.5. The van der Waals surface area contributed by atoms with Crippen LogP contribution in [0, 0.1) is 5.92 Å². The molecule has 1 aliphatic heterocycles. The number of nitrogens with one attached hydrogen (secondary N) is 3. The molecule has 5 aromatic rings. The Morgan fingerprint density at radius 3 is 2.73 bits per heavy atom. The number of aromatic nitrogens is 6. The third kappa shape index (κ3) is 4.00. The highest BCUT2D eigenvalue weighted by Crippen LogP contribution is 2.33. The van der Waals surface area contributed by atoms with Crippen LogP contribution in [-0.4, -0.2) is 49.1 Å². The third-order valence-corrected chi connectivity index (χ3v) is 7.67. The summed E-state index contributed by atoms with van der Waals surface area (Å²) in [4.78, 5) is 32.0. The van der Waals surface area contributed by atoms with Crippen molar-refractivity contribution in [2.45, 2.75) is 38.5 Å². The first-order valence-electron chi connectivity index (χ1n) is 13.1. The van der Waals surface area contributed by atoms with Crippen molar-refractivity contribution < 1.29 is 4.79 Å². The number of benzene rings is 1. The molecule has 1 aliphatic carbocycles. The maximum Gasteiger partial charge on any atom is 0.227 e. The Labute approximate surface area is 213 Å². The lowest BCUT2D eigenvalue weighted by Gasteiger charge is -2.28. The molecule has 2 fully saturated rings. The number of anilines is 2. The first kappa shape index (κ1) is 22.0. The van der Waals surface area contributed by atoms with Crippen molar-refractivity contribution in [2.24, 2.45) is 5.92 Å². The molecule has 0 atom stereocenters. The monoisotopic (exact) mass is 492 g/mol. The molecule has 1 aromatic carbocycles. The van der Waals surface area contributed by atoms with Gasteiger partial charge in [-0.05, 0) is 61.9 Å². The van der Waals surface area contributed by atoms with Crippen LogP contribution < -0.4 is 10.2 Å². The van der Waals surface area contributed by atoms with Crippen molar-refractivity contribution in [2.75, 3.05) is 23.3 Å². The number of H-pyrrole nitrogens is 2. The number of hydrogen-bond acceptors (Lipinski definition) is 6. The number of aromatic amines is 2. The van der Waals surface area contributed by atoms with Crippen molar-refractivity contribution in [3.05, 3.63) is 48.9 Å². The van der Waals surface area contributed by atoms with E-state index in [0.29, 0.717) is 11.5 Å². The standard InChI is InChI=1S/C28H28N8O/c37-28(17-5-4-6-17)31-20-13-19(15-29-16-20)18-7-8-22-21(14-18)24(35-34-22)27-32-25-23(9-10-30-26(25)33-27)36-11-2-1-3-12-36/h7-10,13-17H,1-6,11-12H2,(H,31,37)(H,34,35)(H,30,32,33). The molecule has 4 aromatic heterocycles. The summed E-state index contributed by atoms with van der Waals surface area (Å²) >= 11 is 0. The van der Waals surface area contributed by atoms with Gasteiger partial charge in [0.15, 0.2) is 11.5 Å². The molecule has 1 saturated heterocycles. The molecule has 1 saturated carbocycles. The lowest BCUT2D eigenvalue weighted by Crippen LogP contribution is -2.29. The molecule has 0 unspecified atom stereocenters. The minimum Gasteiger partial charge on any atom is -0.370 e. The summed E-state index contributed by atoms with van der Waals surface area (Å²) in [6.07, 6.45) is 12.1. The van der Waals surface area contributed by atoms with Gasteiger partial charge >= 0.3 is 0 Å². The molecule has 7 rings (SSSR count). The van der Waals surface area contributed by atoms with Gasteiger partial charge in [0.25, 0.3) is 0 Å². The topological polar surface area (TPSA) is 115 Å². The van der Waals surface area contributed by atoms with Gasteiger partial charge in [-0.15, -0.1) is 0 Å². The van der Waals surface area contributed by atoms with Gasteiger partial charge in [-0.25, -0.2) is 9.97 Å². The molecule has 186 valence electrons. The second kappa shape index (κ2) is 8.99. The van der Waals surface area contributed by atoms with Crippen LogP contribution in [0.4, 0.5) is 11.4 Å². The van der Waals surface area contributed by atoms with E-state index in [9.17, 15) is 4.79 Å². The van der Waals surface area contributed by atoms with E-state index in [4.69, 9.17) is 4.98 Å². The molecule has 3 N–H and O–H groups in total. The van der Waals surface area contributed by atoms with Crippen molar-refractivity contribution in [1.82, 2.24) is 30.1 Å². The highest BCUT2D eigenvalue weighted by molar-refractivity contribution is 5.97. The number of imidazole rings is 1. The maximum absolute atomic E-state index is 12.4. The smallest absolute Gasteiger partial charge is 0.227 e. The van der Waals surface area contributed by atoms with Gasteiger partial charge in [0.2, 0.25) is 5.91 Å². The average molecular weight is 493 g/mol. The Balaban J connectivity index is 1.23. The van der Waals surface area contributed by atoms with Crippen molar-refractivity contribution >= 4 is 39.3 Å². The number of nitrogens with zero attached hydrogens (tertiary/aromatic N) is 5. The van der Waals surface area contributed by atoms with Crippen molar-refractivity contribution in [3.63, 3.8) is 0 Å². The predicted octanol–water partition coefficient (Wildman–Crippen LogP) is 5.29. The van der Waals surface area contributed by atoms with Gasteiger partial charge in [-0.2, -0.15) is 5.10 Å². The number of hydrogen-bond donors (Lipinski definition) is 3. The molecule has 2 aliphatic rings. The highest BCUT2D eigenvalue weighted by Gasteiger charge is 2.25. The summed E-state index contributed by atoms with van der Waals surface area (Å²) in [5, 5.41) is 11.7. The number of carbonyl (C=O) groups excluding carboxylic acids is 1. The second-order valence-corrected chi connectivity index (χ2v) is 10.1. The van der Waals surface area contributed by atoms with Gasteiger partial charge in [-0.1, -0.05) is 12.5 Å². The average Bonchev–Trinajstić information content (AvgIpc) is 3.52. The summed E-state index contributed by atoms with van der Waals surface area (Å²) in [5.41, 5.74) is 7.11. The van der Waals surface area contributed by atoms with Crippen LogP contribution in [0.1, 0.15) is 38.5 Å². The Kier molecular flexibility index (Phi) is 5.34. The molecule has 37 heavy (non-hydrogen) atoms. The van der Waals surface area contributed by atoms with Crippen LogP contribution in [0.5, 0.6) is 0 Å². The van der Waals surface area contributed by atoms with Gasteiger partial charge in [0.05, 0.1) is 23.1 Å². The minimum absolute atomic E-state index is 0.0835. The van der Waals surface area contributed by atoms with E-state index in [0.717, 1.165) is 77.0 Å². The normalized spacial score (nSPS) is 16.3. The fourth-order valence-electron chi connectivity index (χ4n) is 5.36. The summed E-state index contributed by atoms with van der Waals surface area (Å²) < 4.78 is 0. The number of pyridine rings is 2. The molecule has 1 amide bonds. The SMILES string of the molecule is O=C(Nc1cncc(-c2ccc3[nH]nc(-c4nc5nccc(N6CCCCC6)c5[nH]4)c3c2)c1)C1CCC1. The zero-order chi connectivity index (χ0) is 24.8. The lowest BCUT2D eigenvalue weighted by atomic mass is 9.85. The predicted molar refractivity (Wildman–Crippen MR) is 144 cm³/mol. The molecular formula is C28H28N8O. The molecule has 0 bridgehead atoms. The molecule has 0 radical (unpaired) electrons. The Morgan fingerprint density at radius 2 is 1.89 bits per heavy atom. The van der Waals surface area contributed by atoms with E-state index in [2.05, 4.69) is 47.5 Å². The molecule has 5 heterocycles. The number of rotatable bonds is 5. The van der Waals surface area contributed by atoms with Crippen LogP contribution in [-0.2, 0) is 4.79 Å². The van der Waals surface area contributed by atoms with Crippen LogP contribution >= 0.6 is 0 Å². The number of amides is 1. The van der Waals surface area contributed by atoms with E-state index >= 15 is 0 Å². The quantitative estimate of drug-likeness (QED) is 0.307. The van der Waals surface area contributed by atoms with E-state index in [-0.39, 0.29) is 11.8 Å². The molecule has 0 spiro atoms. The molecule has 9 nitrogen and oxygen atoms in total. The van der Waals surface area contributed by atoms with Crippen LogP contribution in [0.15, 0.2) is 48.9 Å². The van der Waals surface area contributed by atoms with Gasteiger partial charge in [-0.3, -0.25) is 14.9 Å². The van der Waals surface area contributed by atoms with Crippen LogP contribution in [0.3, 0.4) is 0 Å². The van der Waals surface area contributed by atoms with Crippen molar-refractivity contribution in [1.29, 1.82) is 0 Å². The van der Waals surface area contributed by atoms with E-state index in [1.54, 1.807) is 6.20 Å². The van der Waals surface area contributed by atoms with Crippen molar-refractivity contribution in [3.8, 4) is 22.6 Å². The maximum atomic E-state index is 12.4. The fraction of sp³-hybridized carbons (Fsp3) is 0.321. The van der Waals surface area contributed by atoms with Crippen LogP contribution in [0.25, 0.3) is 44.7 Å². The third-order valence-electron chi connectivity index (χ3n) is 7.67. The van der Waals surface area contributed by atoms with E-state index in [1.807, 2.05) is 30.6 Å². The van der Waals surface area contributed by atoms with E-state index < -0.39 is 0 Å². The minimum atomic E-state index is 0.0835. The Morgan fingerprint density at radius 1 is 1.00 bits per heavy atom. The number of carbonyl (C=O) groups is 1. The zero-order valence-corrected chi connectivity index (χ0v) is 20.5. The summed E-state index contributed by atoms with van der Waals surface area (Å²) in [6, 6.07) is 10.2. The first-order chi connectivity index (χ1) is 18.2. The molecule has 9 heteroatoms. The summed E-state index contributed by atoms with van der Waals surface area (Å²) in [5.74, 6) is 0.900. The fourth-order valence-corrected chi connectivity index (χ4v) is 5.36. The van der Waals surface area contributed by atoms with E-state index in [1.165, 1.54) is 19.3 Å². The van der Waals surface area contributed by atoms with Crippen LogP contribution in [0.2, 0.25) is 0 Å². The summed E-state index contributed by atoms with van der Waals surface area (Å²) in [6.45, 7) is 2.10. The van der Waals surface area contributed by atoms with Gasteiger partial charge in [0, 0.05) is 42.4 Å². The first-order valence-corrected chi connectivity index (χ1v) is 13.1.